The summed E-state index contributed by atoms with van der Waals surface area (Å²) in [7, 11) is 3.33. The number of benzene rings is 2. The number of carbonyl (C=O) groups excluding carboxylic acids is 1. The van der Waals surface area contributed by atoms with E-state index in [4.69, 9.17) is 9.47 Å². The summed E-state index contributed by atoms with van der Waals surface area (Å²) in [5.41, 5.74) is 3.33. The second-order valence-electron chi connectivity index (χ2n) is 8.24. The zero-order chi connectivity index (χ0) is 22.5. The highest BCUT2D eigenvalue weighted by atomic mass is 32.1. The number of nitrogens with zero attached hydrogens (tertiary/aromatic N) is 1. The van der Waals surface area contributed by atoms with Gasteiger partial charge in [0.2, 0.25) is 5.91 Å². The van der Waals surface area contributed by atoms with E-state index in [0.717, 1.165) is 40.3 Å². The van der Waals surface area contributed by atoms with Crippen LogP contribution < -0.4 is 14.8 Å². The molecule has 2 aromatic carbocycles. The highest BCUT2D eigenvalue weighted by Crippen LogP contribution is 2.32. The molecule has 0 aliphatic heterocycles. The number of aryl methyl sites for hydroxylation is 1. The first-order chi connectivity index (χ1) is 15.6. The van der Waals surface area contributed by atoms with E-state index in [1.165, 1.54) is 5.56 Å². The molecule has 32 heavy (non-hydrogen) atoms. The molecule has 168 valence electrons. The maximum atomic E-state index is 13.2. The predicted octanol–water partition coefficient (Wildman–Crippen LogP) is 4.94. The lowest BCUT2D eigenvalue weighted by molar-refractivity contribution is -0.123. The Morgan fingerprint density at radius 2 is 1.91 bits per heavy atom. The van der Waals surface area contributed by atoms with Crippen molar-refractivity contribution in [2.24, 2.45) is 0 Å². The minimum Gasteiger partial charge on any atom is -0.497 e. The number of amides is 1. The topological polar surface area (TPSA) is 50.8 Å². The number of nitrogens with one attached hydrogen (secondary N) is 1. The van der Waals surface area contributed by atoms with Crippen LogP contribution in [0.4, 0.5) is 0 Å². The molecule has 6 heteroatoms. The van der Waals surface area contributed by atoms with Crippen LogP contribution in [0, 0.1) is 6.92 Å². The molecule has 1 atom stereocenters. The monoisotopic (exact) mass is 450 g/mol. The van der Waals surface area contributed by atoms with Crippen LogP contribution in [0.2, 0.25) is 0 Å². The predicted molar refractivity (Wildman–Crippen MR) is 128 cm³/mol. The van der Waals surface area contributed by atoms with Gasteiger partial charge in [-0.1, -0.05) is 35.9 Å². The van der Waals surface area contributed by atoms with Crippen molar-refractivity contribution in [1.82, 2.24) is 10.2 Å². The van der Waals surface area contributed by atoms with E-state index in [9.17, 15) is 4.79 Å². The Morgan fingerprint density at radius 3 is 2.53 bits per heavy atom. The Kier molecular flexibility index (Phi) is 7.12. The fourth-order valence-electron chi connectivity index (χ4n) is 3.90. The van der Waals surface area contributed by atoms with Gasteiger partial charge in [-0.2, -0.15) is 0 Å². The summed E-state index contributed by atoms with van der Waals surface area (Å²) in [6.07, 6.45) is 2.23. The van der Waals surface area contributed by atoms with E-state index in [0.29, 0.717) is 19.1 Å². The van der Waals surface area contributed by atoms with Crippen LogP contribution in [-0.4, -0.2) is 37.6 Å². The first-order valence-corrected chi connectivity index (χ1v) is 11.8. The number of methoxy groups -OCH3 is 2. The van der Waals surface area contributed by atoms with Crippen molar-refractivity contribution in [3.63, 3.8) is 0 Å². The van der Waals surface area contributed by atoms with E-state index in [2.05, 4.69) is 47.5 Å². The van der Waals surface area contributed by atoms with E-state index in [-0.39, 0.29) is 11.9 Å². The minimum absolute atomic E-state index is 0.0257. The van der Waals surface area contributed by atoms with Gasteiger partial charge in [-0.3, -0.25) is 9.69 Å². The zero-order valence-electron chi connectivity index (χ0n) is 18.8. The Hall–Kier alpha value is -2.83. The zero-order valence-corrected chi connectivity index (χ0v) is 19.7. The van der Waals surface area contributed by atoms with Gasteiger partial charge < -0.3 is 14.8 Å². The minimum atomic E-state index is -0.143. The largest absolute Gasteiger partial charge is 0.497 e. The molecule has 0 saturated heterocycles. The van der Waals surface area contributed by atoms with Crippen LogP contribution in [0.15, 0.2) is 60.0 Å². The van der Waals surface area contributed by atoms with Crippen molar-refractivity contribution in [2.45, 2.75) is 38.4 Å². The van der Waals surface area contributed by atoms with Gasteiger partial charge in [-0.15, -0.1) is 11.3 Å². The van der Waals surface area contributed by atoms with E-state index in [1.807, 2.05) is 29.6 Å². The van der Waals surface area contributed by atoms with Crippen molar-refractivity contribution >= 4 is 17.2 Å². The van der Waals surface area contributed by atoms with Gasteiger partial charge in [0, 0.05) is 23.0 Å². The van der Waals surface area contributed by atoms with E-state index >= 15 is 0 Å². The average molecular weight is 451 g/mol. The summed E-state index contributed by atoms with van der Waals surface area (Å²) in [6, 6.07) is 18.6. The summed E-state index contributed by atoms with van der Waals surface area (Å²) in [5, 5.41) is 5.33. The summed E-state index contributed by atoms with van der Waals surface area (Å²) >= 11 is 1.66. The molecule has 4 rings (SSSR count). The van der Waals surface area contributed by atoms with Crippen molar-refractivity contribution < 1.29 is 14.3 Å². The third kappa shape index (κ3) is 5.50. The van der Waals surface area contributed by atoms with Gasteiger partial charge in [0.15, 0.2) is 0 Å². The molecule has 3 aromatic rings. The smallest absolute Gasteiger partial charge is 0.234 e. The van der Waals surface area contributed by atoms with Crippen molar-refractivity contribution in [3.05, 3.63) is 81.5 Å². The van der Waals surface area contributed by atoms with Crippen LogP contribution in [0.3, 0.4) is 0 Å². The Morgan fingerprint density at radius 1 is 1.12 bits per heavy atom. The number of hydrogen-bond donors (Lipinski definition) is 1. The number of rotatable bonds is 10. The summed E-state index contributed by atoms with van der Waals surface area (Å²) in [6.45, 7) is 3.06. The van der Waals surface area contributed by atoms with Gasteiger partial charge in [0.1, 0.15) is 11.5 Å². The maximum Gasteiger partial charge on any atom is 0.234 e. The lowest BCUT2D eigenvalue weighted by atomic mass is 10.0. The molecule has 1 amide bonds. The molecule has 1 aliphatic carbocycles. The molecule has 1 fully saturated rings. The van der Waals surface area contributed by atoms with Crippen molar-refractivity contribution in [1.29, 1.82) is 0 Å². The molecule has 0 spiro atoms. The number of carbonyl (C=O) groups is 1. The van der Waals surface area contributed by atoms with Crippen LogP contribution in [0.25, 0.3) is 0 Å². The molecule has 1 N–H and O–H groups in total. The van der Waals surface area contributed by atoms with Gasteiger partial charge in [0.25, 0.3) is 0 Å². The summed E-state index contributed by atoms with van der Waals surface area (Å²) in [5.74, 6) is 1.63. The van der Waals surface area contributed by atoms with Crippen LogP contribution in [0.5, 0.6) is 11.5 Å². The Labute approximate surface area is 194 Å². The molecule has 1 aromatic heterocycles. The standard InChI is InChI=1S/C26H30N2O3S/c1-18-6-8-19(9-7-18)26(24-5-4-14-32-24)27-25(29)17-28(21-10-11-21)16-20-15-22(30-2)12-13-23(20)31-3/h4-9,12-15,21,26H,10-11,16-17H2,1-3H3,(H,27,29). The SMILES string of the molecule is COc1ccc(OC)c(CN(CC(=O)NC(c2ccc(C)cc2)c2cccs2)C2CC2)c1. The second-order valence-corrected chi connectivity index (χ2v) is 9.22. The van der Waals surface area contributed by atoms with E-state index < -0.39 is 0 Å². The molecular formula is C26H30N2O3S. The average Bonchev–Trinajstić information content (AvgIpc) is 3.52. The highest BCUT2D eigenvalue weighted by Gasteiger charge is 2.31. The molecule has 1 aliphatic rings. The fraction of sp³-hybridized carbons (Fsp3) is 0.346. The fourth-order valence-corrected chi connectivity index (χ4v) is 4.70. The Balaban J connectivity index is 1.50. The molecular weight excluding hydrogens is 420 g/mol. The number of ether oxygens (including phenoxy) is 2. The molecule has 0 radical (unpaired) electrons. The van der Waals surface area contributed by atoms with Gasteiger partial charge in [0.05, 0.1) is 26.8 Å². The molecule has 1 saturated carbocycles. The van der Waals surface area contributed by atoms with Crippen LogP contribution in [-0.2, 0) is 11.3 Å². The summed E-state index contributed by atoms with van der Waals surface area (Å²) in [4.78, 5) is 16.6. The van der Waals surface area contributed by atoms with Gasteiger partial charge in [-0.05, 0) is 55.0 Å². The third-order valence-electron chi connectivity index (χ3n) is 5.81. The van der Waals surface area contributed by atoms with Crippen molar-refractivity contribution in [2.75, 3.05) is 20.8 Å². The third-order valence-corrected chi connectivity index (χ3v) is 6.75. The molecule has 5 nitrogen and oxygen atoms in total. The Bertz CT molecular complexity index is 1030. The first kappa shape index (κ1) is 22.4. The normalized spacial score (nSPS) is 14.2. The molecule has 1 heterocycles. The lowest BCUT2D eigenvalue weighted by Gasteiger charge is -2.25. The van der Waals surface area contributed by atoms with E-state index in [1.54, 1.807) is 25.6 Å². The quantitative estimate of drug-likeness (QED) is 0.475. The maximum absolute atomic E-state index is 13.2. The van der Waals surface area contributed by atoms with Gasteiger partial charge in [-0.25, -0.2) is 0 Å². The second kappa shape index (κ2) is 10.2. The van der Waals surface area contributed by atoms with Crippen LogP contribution >= 0.6 is 11.3 Å². The van der Waals surface area contributed by atoms with Gasteiger partial charge >= 0.3 is 0 Å². The van der Waals surface area contributed by atoms with Crippen molar-refractivity contribution in [3.8, 4) is 11.5 Å². The highest BCUT2D eigenvalue weighted by molar-refractivity contribution is 7.10. The number of hydrogen-bond acceptors (Lipinski definition) is 5. The first-order valence-electron chi connectivity index (χ1n) is 10.9. The summed E-state index contributed by atoms with van der Waals surface area (Å²) < 4.78 is 10.9. The molecule has 0 bridgehead atoms. The lowest BCUT2D eigenvalue weighted by Crippen LogP contribution is -2.39. The molecule has 1 unspecified atom stereocenters. The number of thiophene rings is 1. The van der Waals surface area contributed by atoms with Crippen LogP contribution in [0.1, 0.15) is 40.5 Å².